The molecule has 0 bridgehead atoms. The van der Waals surface area contributed by atoms with Crippen LogP contribution in [0.4, 0.5) is 0 Å². The van der Waals surface area contributed by atoms with Crippen molar-refractivity contribution < 1.29 is 22.7 Å². The lowest BCUT2D eigenvalue weighted by Gasteiger charge is -2.21. The van der Waals surface area contributed by atoms with E-state index in [-0.39, 0.29) is 16.8 Å². The fourth-order valence-electron chi connectivity index (χ4n) is 2.53. The Hall–Kier alpha value is -2.54. The van der Waals surface area contributed by atoms with E-state index < -0.39 is 15.9 Å². The predicted molar refractivity (Wildman–Crippen MR) is 104 cm³/mol. The van der Waals surface area contributed by atoms with Gasteiger partial charge in [-0.3, -0.25) is 4.79 Å². The summed E-state index contributed by atoms with van der Waals surface area (Å²) >= 11 is 0. The number of nitrogens with one attached hydrogen (secondary N) is 1. The molecule has 0 aliphatic rings. The van der Waals surface area contributed by atoms with Gasteiger partial charge in [0.2, 0.25) is 0 Å². The average Bonchev–Trinajstić information content (AvgIpc) is 2.65. The Bertz CT molecular complexity index is 860. The Kier molecular flexibility index (Phi) is 6.85. The summed E-state index contributed by atoms with van der Waals surface area (Å²) in [5.41, 5.74) is 0.815. The molecule has 0 aromatic heterocycles. The molecule has 2 aromatic rings. The van der Waals surface area contributed by atoms with Crippen molar-refractivity contribution in [2.45, 2.75) is 37.3 Å². The number of sulfone groups is 1. The van der Waals surface area contributed by atoms with Crippen molar-refractivity contribution in [1.29, 1.82) is 0 Å². The zero-order valence-electron chi connectivity index (χ0n) is 15.9. The van der Waals surface area contributed by atoms with E-state index >= 15 is 0 Å². The van der Waals surface area contributed by atoms with E-state index in [1.807, 2.05) is 13.8 Å². The zero-order chi connectivity index (χ0) is 20.0. The van der Waals surface area contributed by atoms with Crippen LogP contribution in [0.1, 0.15) is 31.9 Å². The Morgan fingerprint density at radius 2 is 1.59 bits per heavy atom. The predicted octanol–water partition coefficient (Wildman–Crippen LogP) is 3.13. The first-order valence-electron chi connectivity index (χ1n) is 8.65. The molecular weight excluding hydrogens is 366 g/mol. The van der Waals surface area contributed by atoms with Gasteiger partial charge in [-0.05, 0) is 55.3 Å². The minimum Gasteiger partial charge on any atom is -0.497 e. The normalized spacial score (nSPS) is 13.5. The molecule has 6 nitrogen and oxygen atoms in total. The Morgan fingerprint density at radius 1 is 1.04 bits per heavy atom. The number of benzene rings is 2. The highest BCUT2D eigenvalue weighted by Gasteiger charge is 2.21. The zero-order valence-corrected chi connectivity index (χ0v) is 16.7. The van der Waals surface area contributed by atoms with E-state index in [1.165, 1.54) is 0 Å². The van der Waals surface area contributed by atoms with Gasteiger partial charge in [0.1, 0.15) is 11.5 Å². The van der Waals surface area contributed by atoms with Crippen molar-refractivity contribution in [2.75, 3.05) is 13.4 Å². The Morgan fingerprint density at radius 3 is 2.07 bits per heavy atom. The average molecular weight is 391 g/mol. The SMILES string of the molecule is CC[C@H](Oc1ccc(OC)cc1)C(=O)N[C@@H](C)c1ccc(S(C)(=O)=O)cc1. The first kappa shape index (κ1) is 20.8. The van der Waals surface area contributed by atoms with Crippen molar-refractivity contribution in [3.8, 4) is 11.5 Å². The molecule has 2 aromatic carbocycles. The molecule has 2 atom stereocenters. The van der Waals surface area contributed by atoms with Crippen LogP contribution in [-0.4, -0.2) is 33.8 Å². The van der Waals surface area contributed by atoms with Crippen LogP contribution in [0.2, 0.25) is 0 Å². The molecule has 0 aliphatic carbocycles. The van der Waals surface area contributed by atoms with E-state index in [0.29, 0.717) is 17.9 Å². The maximum atomic E-state index is 12.6. The molecular formula is C20H25NO5S. The van der Waals surface area contributed by atoms with Gasteiger partial charge in [0, 0.05) is 6.26 Å². The number of hydrogen-bond donors (Lipinski definition) is 1. The van der Waals surface area contributed by atoms with Crippen LogP contribution < -0.4 is 14.8 Å². The lowest BCUT2D eigenvalue weighted by atomic mass is 10.1. The minimum atomic E-state index is -3.24. The molecule has 2 rings (SSSR count). The fourth-order valence-corrected chi connectivity index (χ4v) is 3.16. The van der Waals surface area contributed by atoms with Crippen LogP contribution in [0.5, 0.6) is 11.5 Å². The van der Waals surface area contributed by atoms with Crippen LogP contribution in [0, 0.1) is 0 Å². The van der Waals surface area contributed by atoms with Crippen molar-refractivity contribution >= 4 is 15.7 Å². The molecule has 0 saturated heterocycles. The number of carbonyl (C=O) groups excluding carboxylic acids is 1. The second-order valence-corrected chi connectivity index (χ2v) is 8.28. The summed E-state index contributed by atoms with van der Waals surface area (Å²) < 4.78 is 34.0. The van der Waals surface area contributed by atoms with Crippen LogP contribution in [0.25, 0.3) is 0 Å². The number of amides is 1. The van der Waals surface area contributed by atoms with Crippen molar-refractivity contribution in [3.63, 3.8) is 0 Å². The number of carbonyl (C=O) groups is 1. The Labute approximate surface area is 160 Å². The van der Waals surface area contributed by atoms with E-state index in [9.17, 15) is 13.2 Å². The molecule has 1 amide bonds. The van der Waals surface area contributed by atoms with E-state index in [4.69, 9.17) is 9.47 Å². The summed E-state index contributed by atoms with van der Waals surface area (Å²) in [7, 11) is -1.66. The van der Waals surface area contributed by atoms with Crippen LogP contribution in [0.3, 0.4) is 0 Å². The largest absolute Gasteiger partial charge is 0.497 e. The van der Waals surface area contributed by atoms with Crippen molar-refractivity contribution in [3.05, 3.63) is 54.1 Å². The summed E-state index contributed by atoms with van der Waals surface area (Å²) in [6, 6.07) is 13.2. The maximum absolute atomic E-state index is 12.6. The van der Waals surface area contributed by atoms with Gasteiger partial charge in [0.15, 0.2) is 15.9 Å². The summed E-state index contributed by atoms with van der Waals surface area (Å²) in [5.74, 6) is 1.07. The van der Waals surface area contributed by atoms with Gasteiger partial charge in [-0.2, -0.15) is 0 Å². The molecule has 0 radical (unpaired) electrons. The van der Waals surface area contributed by atoms with Gasteiger partial charge in [0.25, 0.3) is 5.91 Å². The molecule has 1 N–H and O–H groups in total. The van der Waals surface area contributed by atoms with Gasteiger partial charge in [-0.25, -0.2) is 8.42 Å². The van der Waals surface area contributed by atoms with Gasteiger partial charge >= 0.3 is 0 Å². The first-order chi connectivity index (χ1) is 12.7. The molecule has 0 heterocycles. The number of methoxy groups -OCH3 is 1. The minimum absolute atomic E-state index is 0.229. The topological polar surface area (TPSA) is 81.7 Å². The summed E-state index contributed by atoms with van der Waals surface area (Å²) in [6.45, 7) is 3.72. The molecule has 0 saturated carbocycles. The van der Waals surface area contributed by atoms with Crippen LogP contribution in [-0.2, 0) is 14.6 Å². The van der Waals surface area contributed by atoms with Gasteiger partial charge < -0.3 is 14.8 Å². The quantitative estimate of drug-likeness (QED) is 0.748. The smallest absolute Gasteiger partial charge is 0.261 e. The summed E-state index contributed by atoms with van der Waals surface area (Å²) in [5, 5.41) is 2.91. The maximum Gasteiger partial charge on any atom is 0.261 e. The third kappa shape index (κ3) is 5.72. The summed E-state index contributed by atoms with van der Waals surface area (Å²) in [4.78, 5) is 12.8. The summed E-state index contributed by atoms with van der Waals surface area (Å²) in [6.07, 6.45) is 1.05. The second-order valence-electron chi connectivity index (χ2n) is 6.26. The number of ether oxygens (including phenoxy) is 2. The van der Waals surface area contributed by atoms with E-state index in [1.54, 1.807) is 55.6 Å². The second kappa shape index (κ2) is 8.90. The Balaban J connectivity index is 2.02. The molecule has 7 heteroatoms. The molecule has 0 aliphatic heterocycles. The third-order valence-electron chi connectivity index (χ3n) is 4.17. The van der Waals surface area contributed by atoms with Crippen LogP contribution >= 0.6 is 0 Å². The monoisotopic (exact) mass is 391 g/mol. The number of rotatable bonds is 8. The van der Waals surface area contributed by atoms with Crippen LogP contribution in [0.15, 0.2) is 53.4 Å². The van der Waals surface area contributed by atoms with Gasteiger partial charge in [-0.15, -0.1) is 0 Å². The first-order valence-corrected chi connectivity index (χ1v) is 10.5. The standard InChI is InChI=1S/C20H25NO5S/c1-5-19(26-17-10-8-16(25-3)9-11-17)20(22)21-14(2)15-6-12-18(13-7-15)27(4,23)24/h6-14,19H,5H2,1-4H3,(H,21,22)/t14-,19-/m0/s1. The fraction of sp³-hybridized carbons (Fsp3) is 0.350. The van der Waals surface area contributed by atoms with Gasteiger partial charge in [0.05, 0.1) is 18.0 Å². The highest BCUT2D eigenvalue weighted by Crippen LogP contribution is 2.20. The lowest BCUT2D eigenvalue weighted by molar-refractivity contribution is -0.128. The third-order valence-corrected chi connectivity index (χ3v) is 5.30. The van der Waals surface area contributed by atoms with E-state index in [0.717, 1.165) is 11.8 Å². The van der Waals surface area contributed by atoms with E-state index in [2.05, 4.69) is 5.32 Å². The number of hydrogen-bond acceptors (Lipinski definition) is 5. The van der Waals surface area contributed by atoms with Crippen molar-refractivity contribution in [1.82, 2.24) is 5.32 Å². The highest BCUT2D eigenvalue weighted by atomic mass is 32.2. The van der Waals surface area contributed by atoms with Gasteiger partial charge in [-0.1, -0.05) is 19.1 Å². The lowest BCUT2D eigenvalue weighted by Crippen LogP contribution is -2.39. The van der Waals surface area contributed by atoms with Crippen molar-refractivity contribution in [2.24, 2.45) is 0 Å². The highest BCUT2D eigenvalue weighted by molar-refractivity contribution is 7.90. The molecule has 0 unspecified atom stereocenters. The molecule has 0 fully saturated rings. The molecule has 27 heavy (non-hydrogen) atoms. The molecule has 146 valence electrons. The molecule has 0 spiro atoms.